The maximum atomic E-state index is 13.3. The summed E-state index contributed by atoms with van der Waals surface area (Å²) >= 11 is 0. The lowest BCUT2D eigenvalue weighted by Crippen LogP contribution is -2.43. The van der Waals surface area contributed by atoms with E-state index in [1.54, 1.807) is 12.1 Å². The van der Waals surface area contributed by atoms with E-state index in [1.807, 2.05) is 24.0 Å². The van der Waals surface area contributed by atoms with Crippen LogP contribution in [0.3, 0.4) is 0 Å². The number of rotatable bonds is 2. The van der Waals surface area contributed by atoms with Crippen LogP contribution in [0.5, 0.6) is 11.5 Å². The molecule has 0 aliphatic carbocycles. The molecule has 1 unspecified atom stereocenters. The Labute approximate surface area is 139 Å². The highest BCUT2D eigenvalue weighted by Crippen LogP contribution is 2.37. The average Bonchev–Trinajstić information content (AvgIpc) is 2.99. The molecule has 0 fully saturated rings. The second-order valence-corrected chi connectivity index (χ2v) is 6.36. The normalized spacial score (nSPS) is 18.4. The molecule has 124 valence electrons. The van der Waals surface area contributed by atoms with Gasteiger partial charge in [-0.25, -0.2) is 4.39 Å². The van der Waals surface area contributed by atoms with Crippen LogP contribution in [-0.2, 0) is 24.2 Å². The third-order valence-corrected chi connectivity index (χ3v) is 4.65. The number of carbonyl (C=O) groups excluding carboxylic acids is 1. The number of fused-ring (bicyclic) bond motifs is 2. The Kier molecular flexibility index (Phi) is 3.63. The van der Waals surface area contributed by atoms with Crippen molar-refractivity contribution < 1.29 is 18.7 Å². The molecule has 0 bridgehead atoms. The minimum absolute atomic E-state index is 0.0106. The van der Waals surface area contributed by atoms with E-state index >= 15 is 0 Å². The standard InChI is InChI=1S/C19H18FNO3/c1-12-5-14-8-17-18(24-11-23-17)9-15(14)10-21(12)19(22)7-13-3-2-4-16(20)6-13/h2-4,6,8-9,12H,5,7,10-11H2,1H3. The number of amides is 1. The van der Waals surface area contributed by atoms with Gasteiger partial charge in [-0.2, -0.15) is 0 Å². The molecule has 2 aromatic rings. The van der Waals surface area contributed by atoms with Gasteiger partial charge in [0.2, 0.25) is 12.7 Å². The van der Waals surface area contributed by atoms with Crippen molar-refractivity contribution in [3.8, 4) is 11.5 Å². The molecule has 2 heterocycles. The first-order valence-corrected chi connectivity index (χ1v) is 8.05. The van der Waals surface area contributed by atoms with Crippen molar-refractivity contribution in [2.24, 2.45) is 0 Å². The lowest BCUT2D eigenvalue weighted by molar-refractivity contribution is -0.133. The van der Waals surface area contributed by atoms with Gasteiger partial charge in [0.15, 0.2) is 11.5 Å². The van der Waals surface area contributed by atoms with E-state index in [9.17, 15) is 9.18 Å². The van der Waals surface area contributed by atoms with Gasteiger partial charge < -0.3 is 14.4 Å². The predicted octanol–water partition coefficient (Wildman–Crippen LogP) is 3.07. The van der Waals surface area contributed by atoms with Gasteiger partial charge in [-0.3, -0.25) is 4.79 Å². The van der Waals surface area contributed by atoms with Gasteiger partial charge >= 0.3 is 0 Å². The van der Waals surface area contributed by atoms with Crippen LogP contribution in [0.4, 0.5) is 4.39 Å². The van der Waals surface area contributed by atoms with E-state index in [0.29, 0.717) is 12.1 Å². The van der Waals surface area contributed by atoms with Crippen molar-refractivity contribution in [1.29, 1.82) is 0 Å². The van der Waals surface area contributed by atoms with Crippen molar-refractivity contribution in [2.45, 2.75) is 32.4 Å². The van der Waals surface area contributed by atoms with Crippen molar-refractivity contribution in [2.75, 3.05) is 6.79 Å². The lowest BCUT2D eigenvalue weighted by Gasteiger charge is -2.35. The van der Waals surface area contributed by atoms with Gasteiger partial charge in [-0.05, 0) is 54.3 Å². The smallest absolute Gasteiger partial charge is 0.231 e. The van der Waals surface area contributed by atoms with Crippen LogP contribution < -0.4 is 9.47 Å². The van der Waals surface area contributed by atoms with Crippen LogP contribution in [0, 0.1) is 5.82 Å². The highest BCUT2D eigenvalue weighted by atomic mass is 19.1. The second-order valence-electron chi connectivity index (χ2n) is 6.36. The molecule has 0 spiro atoms. The quantitative estimate of drug-likeness (QED) is 0.851. The van der Waals surface area contributed by atoms with E-state index in [0.717, 1.165) is 23.5 Å². The first-order chi connectivity index (χ1) is 11.6. The highest BCUT2D eigenvalue weighted by molar-refractivity contribution is 5.79. The minimum atomic E-state index is -0.315. The molecule has 2 aliphatic heterocycles. The number of carbonyl (C=O) groups is 1. The summed E-state index contributed by atoms with van der Waals surface area (Å²) < 4.78 is 24.2. The van der Waals surface area contributed by atoms with E-state index < -0.39 is 0 Å². The van der Waals surface area contributed by atoms with Crippen molar-refractivity contribution in [3.05, 3.63) is 58.9 Å². The summed E-state index contributed by atoms with van der Waals surface area (Å²) in [6.45, 7) is 2.83. The summed E-state index contributed by atoms with van der Waals surface area (Å²) in [6, 6.07) is 10.3. The Morgan fingerprint density at radius 2 is 1.96 bits per heavy atom. The minimum Gasteiger partial charge on any atom is -0.454 e. The fourth-order valence-electron chi connectivity index (χ4n) is 3.39. The lowest BCUT2D eigenvalue weighted by atomic mass is 9.93. The van der Waals surface area contributed by atoms with Crippen LogP contribution in [0.15, 0.2) is 36.4 Å². The van der Waals surface area contributed by atoms with Gasteiger partial charge in [0.1, 0.15) is 5.82 Å². The Bertz CT molecular complexity index is 805. The first kappa shape index (κ1) is 15.0. The number of nitrogens with zero attached hydrogens (tertiary/aromatic N) is 1. The molecule has 0 aromatic heterocycles. The Morgan fingerprint density at radius 1 is 1.21 bits per heavy atom. The molecule has 24 heavy (non-hydrogen) atoms. The summed E-state index contributed by atoms with van der Waals surface area (Å²) in [6.07, 6.45) is 0.989. The molecule has 5 heteroatoms. The highest BCUT2D eigenvalue weighted by Gasteiger charge is 2.29. The number of hydrogen-bond acceptors (Lipinski definition) is 3. The zero-order valence-electron chi connectivity index (χ0n) is 13.4. The molecule has 0 radical (unpaired) electrons. The molecule has 1 amide bonds. The summed E-state index contributed by atoms with van der Waals surface area (Å²) in [5.74, 6) is 1.21. The van der Waals surface area contributed by atoms with Gasteiger partial charge in [0.05, 0.1) is 6.42 Å². The number of hydrogen-bond donors (Lipinski definition) is 0. The largest absolute Gasteiger partial charge is 0.454 e. The molecule has 4 nitrogen and oxygen atoms in total. The molecule has 1 atom stereocenters. The van der Waals surface area contributed by atoms with Crippen LogP contribution in [0.1, 0.15) is 23.6 Å². The van der Waals surface area contributed by atoms with E-state index in [2.05, 4.69) is 0 Å². The molecular weight excluding hydrogens is 309 g/mol. The molecule has 0 N–H and O–H groups in total. The molecule has 2 aromatic carbocycles. The maximum Gasteiger partial charge on any atom is 0.231 e. The average molecular weight is 327 g/mol. The first-order valence-electron chi connectivity index (χ1n) is 8.05. The van der Waals surface area contributed by atoms with Crippen molar-refractivity contribution >= 4 is 5.91 Å². The van der Waals surface area contributed by atoms with Gasteiger partial charge in [-0.15, -0.1) is 0 Å². The summed E-state index contributed by atoms with van der Waals surface area (Å²) in [7, 11) is 0. The van der Waals surface area contributed by atoms with E-state index in [4.69, 9.17) is 9.47 Å². The van der Waals surface area contributed by atoms with Crippen LogP contribution in [0.2, 0.25) is 0 Å². The van der Waals surface area contributed by atoms with Crippen molar-refractivity contribution in [1.82, 2.24) is 4.90 Å². The fraction of sp³-hybridized carbons (Fsp3) is 0.316. The predicted molar refractivity (Wildman–Crippen MR) is 86.4 cm³/mol. The molecule has 0 saturated carbocycles. The molecular formula is C19H18FNO3. The molecule has 2 aliphatic rings. The van der Waals surface area contributed by atoms with Crippen LogP contribution in [-0.4, -0.2) is 23.6 Å². The van der Waals surface area contributed by atoms with Crippen LogP contribution in [0.25, 0.3) is 0 Å². The SMILES string of the molecule is CC1Cc2cc3c(cc2CN1C(=O)Cc1cccc(F)c1)OCO3. The van der Waals surface area contributed by atoms with Gasteiger partial charge in [-0.1, -0.05) is 12.1 Å². The second kappa shape index (κ2) is 5.82. The molecule has 4 rings (SSSR count). The summed E-state index contributed by atoms with van der Waals surface area (Å²) in [5, 5.41) is 0. The van der Waals surface area contributed by atoms with E-state index in [-0.39, 0.29) is 31.0 Å². The Morgan fingerprint density at radius 3 is 2.71 bits per heavy atom. The third-order valence-electron chi connectivity index (χ3n) is 4.65. The van der Waals surface area contributed by atoms with Crippen molar-refractivity contribution in [3.63, 3.8) is 0 Å². The van der Waals surface area contributed by atoms with E-state index in [1.165, 1.54) is 17.7 Å². The zero-order chi connectivity index (χ0) is 16.7. The Balaban J connectivity index is 1.55. The number of ether oxygens (including phenoxy) is 2. The zero-order valence-corrected chi connectivity index (χ0v) is 13.4. The third kappa shape index (κ3) is 2.70. The van der Waals surface area contributed by atoms with Gasteiger partial charge in [0.25, 0.3) is 0 Å². The van der Waals surface area contributed by atoms with Gasteiger partial charge in [0, 0.05) is 12.6 Å². The summed E-state index contributed by atoms with van der Waals surface area (Å²) in [4.78, 5) is 14.5. The fourth-order valence-corrected chi connectivity index (χ4v) is 3.39. The molecule has 0 saturated heterocycles. The maximum absolute atomic E-state index is 13.3. The number of halogens is 1. The number of benzene rings is 2. The topological polar surface area (TPSA) is 38.8 Å². The monoisotopic (exact) mass is 327 g/mol. The van der Waals surface area contributed by atoms with Crippen LogP contribution >= 0.6 is 0 Å². The Hall–Kier alpha value is -2.56. The summed E-state index contributed by atoms with van der Waals surface area (Å²) in [5.41, 5.74) is 2.98.